The van der Waals surface area contributed by atoms with Gasteiger partial charge in [0.25, 0.3) is 0 Å². The van der Waals surface area contributed by atoms with E-state index in [4.69, 9.17) is 5.11 Å². The van der Waals surface area contributed by atoms with Gasteiger partial charge in [-0.05, 0) is 13.8 Å². The van der Waals surface area contributed by atoms with Crippen molar-refractivity contribution in [3.63, 3.8) is 0 Å². The molecule has 3 nitrogen and oxygen atoms in total. The topological polar surface area (TPSA) is 40.5 Å². The summed E-state index contributed by atoms with van der Waals surface area (Å²) in [4.78, 5) is 11.4. The van der Waals surface area contributed by atoms with Crippen LogP contribution >= 0.6 is 0 Å². The van der Waals surface area contributed by atoms with Crippen molar-refractivity contribution in [1.29, 1.82) is 0 Å². The molecule has 0 aromatic rings. The first kappa shape index (κ1) is 11.8. The van der Waals surface area contributed by atoms with Crippen LogP contribution in [0.4, 0.5) is 4.79 Å². The average molecular weight is 225 g/mol. The van der Waals surface area contributed by atoms with Gasteiger partial charge in [0.1, 0.15) is 0 Å². The maximum atomic E-state index is 10.1. The van der Waals surface area contributed by atoms with Crippen LogP contribution in [0.25, 0.3) is 0 Å². The molecule has 0 spiro atoms. The number of carbonyl (C=O) groups is 1. The van der Waals surface area contributed by atoms with Gasteiger partial charge in [-0.1, -0.05) is 0 Å². The Kier molecular flexibility index (Phi) is 8.02. The van der Waals surface area contributed by atoms with E-state index in [1.165, 1.54) is 4.90 Å². The molecule has 0 unspecified atom stereocenters. The number of hydrogen-bond donors (Lipinski definition) is 1. The number of rotatable bonds is 2. The molecule has 0 aromatic carbocycles. The van der Waals surface area contributed by atoms with Crippen molar-refractivity contribution in [2.45, 2.75) is 13.8 Å². The summed E-state index contributed by atoms with van der Waals surface area (Å²) in [5.74, 6) is 0. The minimum absolute atomic E-state index is 0. The summed E-state index contributed by atoms with van der Waals surface area (Å²) < 4.78 is 0. The summed E-state index contributed by atoms with van der Waals surface area (Å²) in [7, 11) is 0. The molecule has 4 heteroatoms. The third kappa shape index (κ3) is 4.51. The van der Waals surface area contributed by atoms with Crippen molar-refractivity contribution in [2.75, 3.05) is 13.1 Å². The molecule has 0 rings (SSSR count). The molecule has 1 radical (unpaired) electrons. The van der Waals surface area contributed by atoms with E-state index in [2.05, 4.69) is 0 Å². The van der Waals surface area contributed by atoms with Crippen LogP contribution in [-0.2, 0) is 22.4 Å². The second kappa shape index (κ2) is 6.14. The predicted octanol–water partition coefficient (Wildman–Crippen LogP) is 1.00. The summed E-state index contributed by atoms with van der Waals surface area (Å²) in [6, 6.07) is 0. The smallest absolute Gasteiger partial charge is 0.407 e. The van der Waals surface area contributed by atoms with Gasteiger partial charge >= 0.3 is 6.09 Å². The zero-order valence-electron chi connectivity index (χ0n) is 5.52. The molecule has 0 bridgehead atoms. The molecule has 0 fully saturated rings. The van der Waals surface area contributed by atoms with Crippen LogP contribution in [0.1, 0.15) is 13.8 Å². The van der Waals surface area contributed by atoms with E-state index in [0.29, 0.717) is 13.1 Å². The molecule has 1 amide bonds. The summed E-state index contributed by atoms with van der Waals surface area (Å²) in [5, 5.41) is 8.30. The third-order valence-corrected chi connectivity index (χ3v) is 1.03. The summed E-state index contributed by atoms with van der Waals surface area (Å²) >= 11 is 0. The van der Waals surface area contributed by atoms with E-state index in [-0.39, 0.29) is 22.4 Å². The van der Waals surface area contributed by atoms with E-state index < -0.39 is 6.09 Å². The Balaban J connectivity index is 0. The Hall–Kier alpha value is 0.0103. The van der Waals surface area contributed by atoms with Gasteiger partial charge in [0.2, 0.25) is 0 Å². The Morgan fingerprint density at radius 3 is 1.78 bits per heavy atom. The largest absolute Gasteiger partial charge is 0.465 e. The Labute approximate surface area is 70.5 Å². The molecule has 0 aromatic heterocycles. The number of hydrogen-bond acceptors (Lipinski definition) is 1. The molecule has 0 aliphatic carbocycles. The van der Waals surface area contributed by atoms with Crippen molar-refractivity contribution in [1.82, 2.24) is 4.90 Å². The molecule has 0 saturated carbocycles. The second-order valence-corrected chi connectivity index (χ2v) is 1.45. The van der Waals surface area contributed by atoms with Gasteiger partial charge in [0.15, 0.2) is 0 Å². The molecule has 0 heterocycles. The molecule has 0 aliphatic rings. The number of nitrogens with zero attached hydrogens (tertiary/aromatic N) is 1. The van der Waals surface area contributed by atoms with Gasteiger partial charge in [-0.25, -0.2) is 4.79 Å². The second-order valence-electron chi connectivity index (χ2n) is 1.45. The average Bonchev–Trinajstić information content (AvgIpc) is 1.69. The molecular weight excluding hydrogens is 214 g/mol. The zero-order valence-corrected chi connectivity index (χ0v) is 7.00. The van der Waals surface area contributed by atoms with Crippen LogP contribution in [0.15, 0.2) is 0 Å². The molecule has 9 heavy (non-hydrogen) atoms. The standard InChI is InChI=1S/C5H11NO2.Ag/c1-3-6(4-2)5(7)8;/h3-4H2,1-2H3,(H,7,8);. The normalized spacial score (nSPS) is 7.78. The Morgan fingerprint density at radius 2 is 1.78 bits per heavy atom. The van der Waals surface area contributed by atoms with Crippen LogP contribution < -0.4 is 0 Å². The molecule has 59 valence electrons. The first-order chi connectivity index (χ1) is 3.72. The Morgan fingerprint density at radius 1 is 1.44 bits per heavy atom. The van der Waals surface area contributed by atoms with Crippen molar-refractivity contribution in [3.8, 4) is 0 Å². The summed E-state index contributed by atoms with van der Waals surface area (Å²) in [6.45, 7) is 4.78. The maximum absolute atomic E-state index is 10.1. The van der Waals surface area contributed by atoms with E-state index in [1.807, 2.05) is 13.8 Å². The first-order valence-electron chi connectivity index (χ1n) is 2.70. The number of amides is 1. The van der Waals surface area contributed by atoms with Crippen molar-refractivity contribution in [2.24, 2.45) is 0 Å². The monoisotopic (exact) mass is 224 g/mol. The minimum Gasteiger partial charge on any atom is -0.465 e. The fourth-order valence-corrected chi connectivity index (χ4v) is 0.494. The van der Waals surface area contributed by atoms with Gasteiger partial charge in [0.05, 0.1) is 0 Å². The summed E-state index contributed by atoms with van der Waals surface area (Å²) in [6.07, 6.45) is -0.838. The predicted molar refractivity (Wildman–Crippen MR) is 30.9 cm³/mol. The van der Waals surface area contributed by atoms with Crippen LogP contribution in [0.3, 0.4) is 0 Å². The molecular formula is C5H11AgNO2. The van der Waals surface area contributed by atoms with Gasteiger partial charge in [-0.3, -0.25) is 0 Å². The molecule has 0 aliphatic heterocycles. The van der Waals surface area contributed by atoms with Crippen LogP contribution in [0.2, 0.25) is 0 Å². The van der Waals surface area contributed by atoms with E-state index in [0.717, 1.165) is 0 Å². The third-order valence-electron chi connectivity index (χ3n) is 1.03. The van der Waals surface area contributed by atoms with Crippen LogP contribution in [0.5, 0.6) is 0 Å². The molecule has 0 atom stereocenters. The summed E-state index contributed by atoms with van der Waals surface area (Å²) in [5.41, 5.74) is 0. The van der Waals surface area contributed by atoms with Gasteiger partial charge in [-0.2, -0.15) is 0 Å². The SMILES string of the molecule is CCN(CC)C(=O)O.[Ag]. The van der Waals surface area contributed by atoms with Crippen molar-refractivity contribution < 1.29 is 32.3 Å². The van der Waals surface area contributed by atoms with Gasteiger partial charge in [0, 0.05) is 35.5 Å². The van der Waals surface area contributed by atoms with E-state index in [1.54, 1.807) is 0 Å². The Bertz CT molecular complexity index is 83.0. The van der Waals surface area contributed by atoms with Gasteiger partial charge in [-0.15, -0.1) is 0 Å². The van der Waals surface area contributed by atoms with Crippen molar-refractivity contribution in [3.05, 3.63) is 0 Å². The maximum Gasteiger partial charge on any atom is 0.407 e. The molecule has 1 N–H and O–H groups in total. The first-order valence-corrected chi connectivity index (χ1v) is 2.70. The van der Waals surface area contributed by atoms with Crippen LogP contribution in [-0.4, -0.2) is 29.2 Å². The van der Waals surface area contributed by atoms with Crippen molar-refractivity contribution >= 4 is 6.09 Å². The fourth-order valence-electron chi connectivity index (χ4n) is 0.494. The molecule has 0 saturated heterocycles. The van der Waals surface area contributed by atoms with E-state index >= 15 is 0 Å². The zero-order chi connectivity index (χ0) is 6.57. The quantitative estimate of drug-likeness (QED) is 0.712. The fraction of sp³-hybridized carbons (Fsp3) is 0.800. The van der Waals surface area contributed by atoms with Gasteiger partial charge < -0.3 is 10.0 Å². The van der Waals surface area contributed by atoms with Crippen LogP contribution in [0, 0.1) is 0 Å². The minimum atomic E-state index is -0.838. The van der Waals surface area contributed by atoms with E-state index in [9.17, 15) is 4.79 Å². The number of carboxylic acid groups (broad SMARTS) is 1.